The first-order valence-corrected chi connectivity index (χ1v) is 16.3. The van der Waals surface area contributed by atoms with Gasteiger partial charge >= 0.3 is 0 Å². The van der Waals surface area contributed by atoms with Crippen LogP contribution >= 0.6 is 0 Å². The molecule has 0 saturated carbocycles. The number of furan rings is 1. The van der Waals surface area contributed by atoms with E-state index in [0.29, 0.717) is 0 Å². The molecular weight excluding hydrogens is 571 g/mol. The zero-order valence-electron chi connectivity index (χ0n) is 26.4. The Hall–Kier alpha value is -5.86. The summed E-state index contributed by atoms with van der Waals surface area (Å²) in [5.41, 5.74) is 15.3. The number of anilines is 3. The lowest BCUT2D eigenvalue weighted by molar-refractivity contribution is 0.660. The van der Waals surface area contributed by atoms with E-state index in [-0.39, 0.29) is 5.41 Å². The fourth-order valence-corrected chi connectivity index (χ4v) is 7.50. The summed E-state index contributed by atoms with van der Waals surface area (Å²) in [5.74, 6) is 0. The van der Waals surface area contributed by atoms with E-state index in [2.05, 4.69) is 170 Å². The molecule has 0 bridgehead atoms. The van der Waals surface area contributed by atoms with E-state index in [4.69, 9.17) is 4.42 Å². The minimum atomic E-state index is -0.0583. The molecule has 0 radical (unpaired) electrons. The average molecular weight is 604 g/mol. The number of rotatable bonds is 5. The van der Waals surface area contributed by atoms with Crippen LogP contribution < -0.4 is 4.90 Å². The van der Waals surface area contributed by atoms with Gasteiger partial charge < -0.3 is 9.32 Å². The van der Waals surface area contributed by atoms with Gasteiger partial charge in [-0.2, -0.15) is 0 Å². The van der Waals surface area contributed by atoms with Crippen LogP contribution in [0, 0.1) is 0 Å². The molecule has 1 heterocycles. The second-order valence-electron chi connectivity index (χ2n) is 13.0. The molecular formula is C45H33NO. The summed E-state index contributed by atoms with van der Waals surface area (Å²) in [4.78, 5) is 2.37. The average Bonchev–Trinajstić information content (AvgIpc) is 3.61. The van der Waals surface area contributed by atoms with Gasteiger partial charge in [-0.3, -0.25) is 0 Å². The number of hydrogen-bond acceptors (Lipinski definition) is 2. The fraction of sp³-hybridized carbons (Fsp3) is 0.0667. The topological polar surface area (TPSA) is 16.4 Å². The maximum Gasteiger partial charge on any atom is 0.136 e. The van der Waals surface area contributed by atoms with Gasteiger partial charge in [0.2, 0.25) is 0 Å². The Labute approximate surface area is 275 Å². The molecule has 224 valence electrons. The third-order valence-corrected chi connectivity index (χ3v) is 9.89. The zero-order chi connectivity index (χ0) is 31.5. The molecule has 8 aromatic rings. The molecule has 0 atom stereocenters. The molecule has 0 saturated heterocycles. The number of nitrogens with zero attached hydrogens (tertiary/aromatic N) is 1. The molecule has 47 heavy (non-hydrogen) atoms. The highest BCUT2D eigenvalue weighted by molar-refractivity contribution is 6.06. The molecule has 0 N–H and O–H groups in total. The summed E-state index contributed by atoms with van der Waals surface area (Å²) >= 11 is 0. The van der Waals surface area contributed by atoms with Crippen LogP contribution in [-0.4, -0.2) is 0 Å². The van der Waals surface area contributed by atoms with Gasteiger partial charge in [-0.15, -0.1) is 0 Å². The first-order valence-electron chi connectivity index (χ1n) is 16.3. The molecule has 1 aliphatic carbocycles. The highest BCUT2D eigenvalue weighted by atomic mass is 16.3. The van der Waals surface area contributed by atoms with Gasteiger partial charge in [-0.05, 0) is 93.5 Å². The van der Waals surface area contributed by atoms with Crippen LogP contribution in [0.15, 0.2) is 168 Å². The monoisotopic (exact) mass is 603 g/mol. The molecule has 0 spiro atoms. The lowest BCUT2D eigenvalue weighted by Gasteiger charge is -2.28. The van der Waals surface area contributed by atoms with Crippen LogP contribution in [0.25, 0.3) is 55.3 Å². The minimum absolute atomic E-state index is 0.0583. The number of para-hydroxylation sites is 3. The molecule has 2 heteroatoms. The second-order valence-corrected chi connectivity index (χ2v) is 13.0. The SMILES string of the molecule is CC1(C)c2ccccc2-c2ccc(-c3ccccc3N(c3ccccc3)c3ccc(-c4ccc5c(c4)oc4ccccc45)cc3)cc21. The summed E-state index contributed by atoms with van der Waals surface area (Å²) in [6.07, 6.45) is 0. The van der Waals surface area contributed by atoms with Crippen LogP contribution in [0.5, 0.6) is 0 Å². The Kier molecular flexibility index (Phi) is 6.20. The van der Waals surface area contributed by atoms with Crippen molar-refractivity contribution >= 4 is 39.0 Å². The molecule has 9 rings (SSSR count). The van der Waals surface area contributed by atoms with Gasteiger partial charge in [0.25, 0.3) is 0 Å². The maximum atomic E-state index is 6.20. The van der Waals surface area contributed by atoms with Crippen LogP contribution in [0.4, 0.5) is 17.1 Å². The number of benzene rings is 7. The number of hydrogen-bond donors (Lipinski definition) is 0. The Morgan fingerprint density at radius 3 is 1.89 bits per heavy atom. The van der Waals surface area contributed by atoms with Crippen molar-refractivity contribution in [2.45, 2.75) is 19.3 Å². The summed E-state index contributed by atoms with van der Waals surface area (Å²) in [7, 11) is 0. The third kappa shape index (κ3) is 4.40. The van der Waals surface area contributed by atoms with Gasteiger partial charge in [0.15, 0.2) is 0 Å². The summed E-state index contributed by atoms with van der Waals surface area (Å²) in [6.45, 7) is 4.69. The largest absolute Gasteiger partial charge is 0.456 e. The first-order chi connectivity index (χ1) is 23.1. The van der Waals surface area contributed by atoms with Gasteiger partial charge in [0.05, 0.1) is 5.69 Å². The Morgan fingerprint density at radius 2 is 1.04 bits per heavy atom. The van der Waals surface area contributed by atoms with E-state index in [1.165, 1.54) is 33.4 Å². The summed E-state index contributed by atoms with van der Waals surface area (Å²) in [6, 6.07) is 58.9. The normalized spacial score (nSPS) is 13.1. The van der Waals surface area contributed by atoms with Crippen molar-refractivity contribution in [3.63, 3.8) is 0 Å². The van der Waals surface area contributed by atoms with Gasteiger partial charge in [-0.25, -0.2) is 0 Å². The van der Waals surface area contributed by atoms with Crippen molar-refractivity contribution in [3.8, 4) is 33.4 Å². The maximum absolute atomic E-state index is 6.20. The predicted molar refractivity (Wildman–Crippen MR) is 197 cm³/mol. The van der Waals surface area contributed by atoms with Crippen molar-refractivity contribution in [2.24, 2.45) is 0 Å². The first kappa shape index (κ1) is 27.5. The van der Waals surface area contributed by atoms with Crippen molar-refractivity contribution in [1.29, 1.82) is 0 Å². The van der Waals surface area contributed by atoms with Gasteiger partial charge in [0.1, 0.15) is 11.2 Å². The third-order valence-electron chi connectivity index (χ3n) is 9.89. The van der Waals surface area contributed by atoms with E-state index in [1.807, 2.05) is 12.1 Å². The smallest absolute Gasteiger partial charge is 0.136 e. The van der Waals surface area contributed by atoms with Crippen molar-refractivity contribution in [2.75, 3.05) is 4.90 Å². The van der Waals surface area contributed by atoms with Crippen LogP contribution in [0.3, 0.4) is 0 Å². The van der Waals surface area contributed by atoms with E-state index >= 15 is 0 Å². The Bertz CT molecular complexity index is 2430. The van der Waals surface area contributed by atoms with Crippen molar-refractivity contribution in [1.82, 2.24) is 0 Å². The van der Waals surface area contributed by atoms with E-state index in [9.17, 15) is 0 Å². The Morgan fingerprint density at radius 1 is 0.426 bits per heavy atom. The van der Waals surface area contributed by atoms with E-state index < -0.39 is 0 Å². The van der Waals surface area contributed by atoms with Gasteiger partial charge in [0, 0.05) is 33.1 Å². The molecule has 2 nitrogen and oxygen atoms in total. The lowest BCUT2D eigenvalue weighted by atomic mass is 9.81. The predicted octanol–water partition coefficient (Wildman–Crippen LogP) is 12.7. The second kappa shape index (κ2) is 10.6. The van der Waals surface area contributed by atoms with Crippen LogP contribution in [0.1, 0.15) is 25.0 Å². The highest BCUT2D eigenvalue weighted by Crippen LogP contribution is 2.50. The molecule has 0 unspecified atom stereocenters. The lowest BCUT2D eigenvalue weighted by Crippen LogP contribution is -2.15. The van der Waals surface area contributed by atoms with Gasteiger partial charge in [-0.1, -0.05) is 123 Å². The minimum Gasteiger partial charge on any atom is -0.456 e. The van der Waals surface area contributed by atoms with Crippen LogP contribution in [0.2, 0.25) is 0 Å². The quantitative estimate of drug-likeness (QED) is 0.195. The fourth-order valence-electron chi connectivity index (χ4n) is 7.50. The summed E-state index contributed by atoms with van der Waals surface area (Å²) in [5, 5.41) is 2.30. The van der Waals surface area contributed by atoms with E-state index in [1.54, 1.807) is 0 Å². The number of fused-ring (bicyclic) bond motifs is 6. The molecule has 0 aliphatic heterocycles. The molecule has 1 aliphatic rings. The standard InChI is InChI=1S/C45H33NO/c1-45(2)40-17-9-6-15-36(40)37-26-23-32(28-41(37)45)35-14-7-10-18-42(35)46(33-12-4-3-5-13-33)34-24-20-30(21-25-34)31-22-27-39-38-16-8-11-19-43(38)47-44(39)29-31/h3-29H,1-2H3. The van der Waals surface area contributed by atoms with Crippen molar-refractivity contribution < 1.29 is 4.42 Å². The Balaban J connectivity index is 1.13. The zero-order valence-corrected chi connectivity index (χ0v) is 26.4. The van der Waals surface area contributed by atoms with Crippen LogP contribution in [-0.2, 0) is 5.41 Å². The molecule has 0 amide bonds. The molecule has 7 aromatic carbocycles. The van der Waals surface area contributed by atoms with Crippen molar-refractivity contribution in [3.05, 3.63) is 175 Å². The highest BCUT2D eigenvalue weighted by Gasteiger charge is 2.35. The van der Waals surface area contributed by atoms with E-state index in [0.717, 1.165) is 50.1 Å². The molecule has 0 fully saturated rings. The summed E-state index contributed by atoms with van der Waals surface area (Å²) < 4.78 is 6.20. The molecule has 1 aromatic heterocycles.